The Kier molecular flexibility index (Phi) is 6.54. The van der Waals surface area contributed by atoms with Crippen molar-refractivity contribution in [2.75, 3.05) is 5.32 Å². The van der Waals surface area contributed by atoms with Crippen molar-refractivity contribution in [3.05, 3.63) is 83.3 Å². The first kappa shape index (κ1) is 22.6. The summed E-state index contributed by atoms with van der Waals surface area (Å²) in [5, 5.41) is 2.40. The molecule has 4 nitrogen and oxygen atoms in total. The number of alkyl halides is 6. The highest BCUT2D eigenvalue weighted by Gasteiger charge is 2.37. The molecular weight excluding hydrogens is 444 g/mol. The fourth-order valence-electron chi connectivity index (χ4n) is 2.53. The van der Waals surface area contributed by atoms with Crippen LogP contribution in [0.5, 0.6) is 0 Å². The summed E-state index contributed by atoms with van der Waals surface area (Å²) in [6, 6.07) is 7.25. The summed E-state index contributed by atoms with van der Waals surface area (Å²) in [5.41, 5.74) is -2.74. The van der Waals surface area contributed by atoms with E-state index in [4.69, 9.17) is 0 Å². The van der Waals surface area contributed by atoms with Gasteiger partial charge in [0.2, 0.25) is 0 Å². The third-order valence-corrected chi connectivity index (χ3v) is 5.06. The van der Waals surface area contributed by atoms with Gasteiger partial charge in [0, 0.05) is 30.0 Å². The standard InChI is InChI=1S/C20H13F6N3OS/c21-19(22,23)13-8-14(20(24,25)26)10-15(9-13)29-17(30)16-2-1-5-28-18(16)31-11-12-3-6-27-7-4-12/h1-10H,11H2,(H,29,30). The normalized spacial score (nSPS) is 11.9. The predicted octanol–water partition coefficient (Wildman–Crippen LogP) is 6.06. The molecule has 0 aliphatic rings. The van der Waals surface area contributed by atoms with Crippen molar-refractivity contribution in [1.29, 1.82) is 0 Å². The molecule has 0 spiro atoms. The molecule has 0 aliphatic heterocycles. The van der Waals surface area contributed by atoms with Gasteiger partial charge < -0.3 is 5.32 Å². The zero-order valence-corrected chi connectivity index (χ0v) is 16.3. The van der Waals surface area contributed by atoms with Crippen molar-refractivity contribution in [2.24, 2.45) is 0 Å². The molecular formula is C20H13F6N3OS. The minimum Gasteiger partial charge on any atom is -0.322 e. The van der Waals surface area contributed by atoms with Gasteiger partial charge in [-0.3, -0.25) is 9.78 Å². The summed E-state index contributed by atoms with van der Waals surface area (Å²) >= 11 is 1.19. The number of hydrogen-bond donors (Lipinski definition) is 1. The smallest absolute Gasteiger partial charge is 0.322 e. The quantitative estimate of drug-likeness (QED) is 0.374. The molecule has 0 radical (unpaired) electrons. The topological polar surface area (TPSA) is 54.9 Å². The first-order valence-electron chi connectivity index (χ1n) is 8.61. The molecule has 3 rings (SSSR count). The Hall–Kier alpha value is -3.08. The zero-order valence-electron chi connectivity index (χ0n) is 15.5. The van der Waals surface area contributed by atoms with Crippen LogP contribution in [0.25, 0.3) is 0 Å². The maximum Gasteiger partial charge on any atom is 0.416 e. The minimum atomic E-state index is -5.01. The Morgan fingerprint density at radius 2 is 1.52 bits per heavy atom. The van der Waals surface area contributed by atoms with E-state index < -0.39 is 35.1 Å². The van der Waals surface area contributed by atoms with Crippen molar-refractivity contribution < 1.29 is 31.1 Å². The molecule has 0 atom stereocenters. The van der Waals surface area contributed by atoms with E-state index in [9.17, 15) is 31.1 Å². The number of halogens is 6. The Morgan fingerprint density at radius 3 is 2.10 bits per heavy atom. The van der Waals surface area contributed by atoms with Crippen LogP contribution in [0.1, 0.15) is 27.0 Å². The van der Waals surface area contributed by atoms with Gasteiger partial charge in [-0.2, -0.15) is 26.3 Å². The van der Waals surface area contributed by atoms with Gasteiger partial charge >= 0.3 is 12.4 Å². The SMILES string of the molecule is O=C(Nc1cc(C(F)(F)F)cc(C(F)(F)F)c1)c1cccnc1SCc1ccncc1. The Labute approximate surface area is 176 Å². The molecule has 3 aromatic rings. The van der Waals surface area contributed by atoms with E-state index in [1.54, 1.807) is 24.5 Å². The fraction of sp³-hybridized carbons (Fsp3) is 0.150. The van der Waals surface area contributed by atoms with Crippen molar-refractivity contribution in [2.45, 2.75) is 23.1 Å². The van der Waals surface area contributed by atoms with Crippen molar-refractivity contribution in [3.8, 4) is 0 Å². The Balaban J connectivity index is 1.86. The number of anilines is 1. The molecule has 31 heavy (non-hydrogen) atoms. The molecule has 11 heteroatoms. The van der Waals surface area contributed by atoms with Gasteiger partial charge in [0.25, 0.3) is 5.91 Å². The number of rotatable bonds is 5. The number of nitrogens with zero attached hydrogens (tertiary/aromatic N) is 2. The summed E-state index contributed by atoms with van der Waals surface area (Å²) in [6.07, 6.45) is -5.42. The lowest BCUT2D eigenvalue weighted by molar-refractivity contribution is -0.143. The van der Waals surface area contributed by atoms with Gasteiger partial charge in [0.1, 0.15) is 5.03 Å². The molecule has 2 aromatic heterocycles. The zero-order chi connectivity index (χ0) is 22.6. The van der Waals surface area contributed by atoms with Crippen LogP contribution in [-0.2, 0) is 18.1 Å². The molecule has 2 heterocycles. The van der Waals surface area contributed by atoms with Crippen molar-refractivity contribution >= 4 is 23.4 Å². The maximum absolute atomic E-state index is 13.0. The molecule has 162 valence electrons. The number of carbonyl (C=O) groups is 1. The van der Waals surface area contributed by atoms with Gasteiger partial charge in [-0.15, -0.1) is 11.8 Å². The lowest BCUT2D eigenvalue weighted by Crippen LogP contribution is -2.16. The van der Waals surface area contributed by atoms with Crippen molar-refractivity contribution in [1.82, 2.24) is 9.97 Å². The molecule has 1 N–H and O–H groups in total. The van der Waals surface area contributed by atoms with Gasteiger partial charge in [-0.05, 0) is 48.0 Å². The van der Waals surface area contributed by atoms with E-state index in [-0.39, 0.29) is 16.7 Å². The van der Waals surface area contributed by atoms with E-state index in [0.717, 1.165) is 5.56 Å². The lowest BCUT2D eigenvalue weighted by Gasteiger charge is -2.15. The van der Waals surface area contributed by atoms with E-state index in [1.807, 2.05) is 0 Å². The van der Waals surface area contributed by atoms with Crippen LogP contribution in [0, 0.1) is 0 Å². The molecule has 1 amide bonds. The average molecular weight is 457 g/mol. The number of benzene rings is 1. The summed E-state index contributed by atoms with van der Waals surface area (Å²) in [5.74, 6) is -0.445. The largest absolute Gasteiger partial charge is 0.416 e. The Morgan fingerprint density at radius 1 is 0.903 bits per heavy atom. The second-order valence-electron chi connectivity index (χ2n) is 6.25. The third-order valence-electron chi connectivity index (χ3n) is 3.99. The second kappa shape index (κ2) is 8.96. The molecule has 0 saturated carbocycles. The van der Waals surface area contributed by atoms with E-state index in [1.165, 1.54) is 30.1 Å². The number of pyridine rings is 2. The number of hydrogen-bond acceptors (Lipinski definition) is 4. The van der Waals surface area contributed by atoms with Crippen LogP contribution in [0.2, 0.25) is 0 Å². The highest BCUT2D eigenvalue weighted by atomic mass is 32.2. The van der Waals surface area contributed by atoms with Crippen LogP contribution in [0.3, 0.4) is 0 Å². The molecule has 0 aliphatic carbocycles. The monoisotopic (exact) mass is 457 g/mol. The van der Waals surface area contributed by atoms with Crippen LogP contribution >= 0.6 is 11.8 Å². The van der Waals surface area contributed by atoms with Gasteiger partial charge in [-0.25, -0.2) is 4.98 Å². The highest BCUT2D eigenvalue weighted by molar-refractivity contribution is 7.98. The summed E-state index contributed by atoms with van der Waals surface area (Å²) < 4.78 is 78.1. The summed E-state index contributed by atoms with van der Waals surface area (Å²) in [6.45, 7) is 0. The predicted molar refractivity (Wildman–Crippen MR) is 102 cm³/mol. The number of carbonyl (C=O) groups excluding carboxylic acids is 1. The first-order valence-corrected chi connectivity index (χ1v) is 9.60. The van der Waals surface area contributed by atoms with Crippen LogP contribution < -0.4 is 5.32 Å². The molecule has 1 aromatic carbocycles. The fourth-order valence-corrected chi connectivity index (χ4v) is 3.48. The summed E-state index contributed by atoms with van der Waals surface area (Å²) in [4.78, 5) is 20.6. The Bertz CT molecular complexity index is 1040. The molecule has 0 saturated heterocycles. The minimum absolute atomic E-state index is 0.00424. The molecule has 0 fully saturated rings. The average Bonchev–Trinajstić information content (AvgIpc) is 2.71. The summed E-state index contributed by atoms with van der Waals surface area (Å²) in [7, 11) is 0. The maximum atomic E-state index is 13.0. The number of amides is 1. The van der Waals surface area contributed by atoms with E-state index >= 15 is 0 Å². The van der Waals surface area contributed by atoms with Crippen LogP contribution in [0.4, 0.5) is 32.0 Å². The number of nitrogens with one attached hydrogen (secondary N) is 1. The number of thioether (sulfide) groups is 1. The first-order chi connectivity index (χ1) is 14.5. The molecule has 0 bridgehead atoms. The van der Waals surface area contributed by atoms with E-state index in [2.05, 4.69) is 15.3 Å². The van der Waals surface area contributed by atoms with Gasteiger partial charge in [0.05, 0.1) is 16.7 Å². The third kappa shape index (κ3) is 5.97. The second-order valence-corrected chi connectivity index (χ2v) is 7.21. The van der Waals surface area contributed by atoms with Crippen molar-refractivity contribution in [3.63, 3.8) is 0 Å². The molecule has 0 unspecified atom stereocenters. The van der Waals surface area contributed by atoms with Crippen LogP contribution in [-0.4, -0.2) is 15.9 Å². The van der Waals surface area contributed by atoms with E-state index in [0.29, 0.717) is 17.9 Å². The number of aromatic nitrogens is 2. The lowest BCUT2D eigenvalue weighted by atomic mass is 10.1. The highest BCUT2D eigenvalue weighted by Crippen LogP contribution is 2.37. The van der Waals surface area contributed by atoms with Gasteiger partial charge in [-0.1, -0.05) is 0 Å². The van der Waals surface area contributed by atoms with Gasteiger partial charge in [0.15, 0.2) is 0 Å². The van der Waals surface area contributed by atoms with Crippen LogP contribution in [0.15, 0.2) is 66.1 Å².